The van der Waals surface area contributed by atoms with Gasteiger partial charge >= 0.3 is 0 Å². The SMILES string of the molecule is C[N]c1cnc2ccccc2c1. The van der Waals surface area contributed by atoms with Gasteiger partial charge in [-0.1, -0.05) is 18.2 Å². The molecule has 0 N–H and O–H groups in total. The Morgan fingerprint density at radius 3 is 2.92 bits per heavy atom. The summed E-state index contributed by atoms with van der Waals surface area (Å²) >= 11 is 0. The van der Waals surface area contributed by atoms with Crippen LogP contribution in [0, 0.1) is 0 Å². The minimum absolute atomic E-state index is 0.925. The lowest BCUT2D eigenvalue weighted by atomic mass is 10.2. The number of benzene rings is 1. The molecule has 0 bridgehead atoms. The molecule has 2 aromatic rings. The summed E-state index contributed by atoms with van der Waals surface area (Å²) in [4.78, 5) is 4.26. The third-order valence-electron chi connectivity index (χ3n) is 1.83. The number of hydrogen-bond donors (Lipinski definition) is 0. The van der Waals surface area contributed by atoms with Gasteiger partial charge in [0.05, 0.1) is 17.4 Å². The summed E-state index contributed by atoms with van der Waals surface area (Å²) in [6, 6.07) is 10.1. The molecule has 0 unspecified atom stereocenters. The van der Waals surface area contributed by atoms with Gasteiger partial charge in [0.15, 0.2) is 0 Å². The predicted molar refractivity (Wildman–Crippen MR) is 49.5 cm³/mol. The zero-order valence-corrected chi connectivity index (χ0v) is 6.86. The van der Waals surface area contributed by atoms with Crippen molar-refractivity contribution >= 4 is 16.6 Å². The van der Waals surface area contributed by atoms with Gasteiger partial charge in [-0.2, -0.15) is 0 Å². The van der Waals surface area contributed by atoms with E-state index in [4.69, 9.17) is 0 Å². The van der Waals surface area contributed by atoms with Gasteiger partial charge in [0.25, 0.3) is 0 Å². The molecule has 0 aliphatic rings. The summed E-state index contributed by atoms with van der Waals surface area (Å²) in [5.41, 5.74) is 1.94. The molecule has 2 heteroatoms. The van der Waals surface area contributed by atoms with E-state index >= 15 is 0 Å². The van der Waals surface area contributed by atoms with Crippen molar-refractivity contribution in [1.82, 2.24) is 10.3 Å². The number of aromatic nitrogens is 1. The molecule has 1 radical (unpaired) electrons. The number of pyridine rings is 1. The van der Waals surface area contributed by atoms with E-state index in [0.717, 1.165) is 16.6 Å². The van der Waals surface area contributed by atoms with Gasteiger partial charge in [0.2, 0.25) is 0 Å². The monoisotopic (exact) mass is 157 g/mol. The lowest BCUT2D eigenvalue weighted by Crippen LogP contribution is -1.87. The maximum absolute atomic E-state index is 4.26. The van der Waals surface area contributed by atoms with Crippen LogP contribution in [0.5, 0.6) is 0 Å². The van der Waals surface area contributed by atoms with Crippen molar-refractivity contribution in [3.05, 3.63) is 36.5 Å². The van der Waals surface area contributed by atoms with Gasteiger partial charge in [0.1, 0.15) is 0 Å². The van der Waals surface area contributed by atoms with E-state index in [2.05, 4.69) is 10.3 Å². The summed E-state index contributed by atoms with van der Waals surface area (Å²) in [5.74, 6) is 0. The highest BCUT2D eigenvalue weighted by molar-refractivity contribution is 5.80. The maximum atomic E-state index is 4.26. The number of hydrogen-bond acceptors (Lipinski definition) is 1. The molecule has 0 aliphatic carbocycles. The Hall–Kier alpha value is -1.57. The van der Waals surface area contributed by atoms with Crippen molar-refractivity contribution in [3.8, 4) is 0 Å². The van der Waals surface area contributed by atoms with Crippen LogP contribution in [-0.4, -0.2) is 12.0 Å². The molecule has 0 fully saturated rings. The molecule has 2 nitrogen and oxygen atoms in total. The summed E-state index contributed by atoms with van der Waals surface area (Å²) in [5, 5.41) is 5.20. The maximum Gasteiger partial charge on any atom is 0.0760 e. The number of nitrogens with zero attached hydrogens (tertiary/aromatic N) is 2. The Labute approximate surface area is 71.2 Å². The van der Waals surface area contributed by atoms with Crippen LogP contribution in [0.2, 0.25) is 0 Å². The number of fused-ring (bicyclic) bond motifs is 1. The third-order valence-corrected chi connectivity index (χ3v) is 1.83. The molecule has 1 aromatic carbocycles. The standard InChI is InChI=1S/C10H9N2/c1-11-9-6-8-4-2-3-5-10(8)12-7-9/h2-7H,1H3. The highest BCUT2D eigenvalue weighted by Gasteiger charge is 1.94. The van der Waals surface area contributed by atoms with E-state index < -0.39 is 0 Å². The minimum atomic E-state index is 0.925. The van der Waals surface area contributed by atoms with Crippen LogP contribution >= 0.6 is 0 Å². The topological polar surface area (TPSA) is 27.0 Å². The summed E-state index contributed by atoms with van der Waals surface area (Å²) in [6.07, 6.45) is 1.78. The second-order valence-electron chi connectivity index (χ2n) is 2.61. The fourth-order valence-corrected chi connectivity index (χ4v) is 1.18. The molecule has 1 aromatic heterocycles. The molecule has 0 saturated heterocycles. The zero-order valence-electron chi connectivity index (χ0n) is 6.86. The lowest BCUT2D eigenvalue weighted by Gasteiger charge is -1.98. The van der Waals surface area contributed by atoms with Gasteiger partial charge in [-0.15, -0.1) is 0 Å². The molecular weight excluding hydrogens is 148 g/mol. The summed E-state index contributed by atoms with van der Waals surface area (Å²) in [6.45, 7) is 0. The molecule has 0 spiro atoms. The van der Waals surface area contributed by atoms with E-state index in [1.807, 2.05) is 30.3 Å². The second kappa shape index (κ2) is 2.81. The fraction of sp³-hybridized carbons (Fsp3) is 0.100. The normalized spacial score (nSPS) is 10.1. The largest absolute Gasteiger partial charge is 0.287 e. The molecule has 59 valence electrons. The summed E-state index contributed by atoms with van der Waals surface area (Å²) < 4.78 is 0. The highest BCUT2D eigenvalue weighted by Crippen LogP contribution is 2.14. The average Bonchev–Trinajstić information content (AvgIpc) is 2.17. The Balaban J connectivity index is 2.67. The Morgan fingerprint density at radius 2 is 2.08 bits per heavy atom. The van der Waals surface area contributed by atoms with Crippen molar-refractivity contribution in [2.24, 2.45) is 0 Å². The predicted octanol–water partition coefficient (Wildman–Crippen LogP) is 2.10. The van der Waals surface area contributed by atoms with Crippen LogP contribution in [0.3, 0.4) is 0 Å². The van der Waals surface area contributed by atoms with Crippen LogP contribution in [-0.2, 0) is 0 Å². The van der Waals surface area contributed by atoms with E-state index in [1.54, 1.807) is 13.2 Å². The van der Waals surface area contributed by atoms with E-state index in [0.29, 0.717) is 0 Å². The third kappa shape index (κ3) is 1.11. The Kier molecular flexibility index (Phi) is 1.67. The molecular formula is C10H9N2. The van der Waals surface area contributed by atoms with E-state index in [9.17, 15) is 0 Å². The van der Waals surface area contributed by atoms with Crippen molar-refractivity contribution in [1.29, 1.82) is 0 Å². The fourth-order valence-electron chi connectivity index (χ4n) is 1.18. The molecule has 1 heterocycles. The van der Waals surface area contributed by atoms with Crippen LogP contribution in [0.15, 0.2) is 36.5 Å². The van der Waals surface area contributed by atoms with Crippen LogP contribution < -0.4 is 5.32 Å². The van der Waals surface area contributed by atoms with E-state index in [1.165, 1.54) is 0 Å². The molecule has 12 heavy (non-hydrogen) atoms. The van der Waals surface area contributed by atoms with Crippen molar-refractivity contribution in [2.45, 2.75) is 0 Å². The number of para-hydroxylation sites is 1. The first-order valence-electron chi connectivity index (χ1n) is 3.85. The number of rotatable bonds is 1. The molecule has 0 aliphatic heterocycles. The van der Waals surface area contributed by atoms with Gasteiger partial charge < -0.3 is 0 Å². The molecule has 2 rings (SSSR count). The van der Waals surface area contributed by atoms with Crippen LogP contribution in [0.1, 0.15) is 0 Å². The summed E-state index contributed by atoms with van der Waals surface area (Å²) in [7, 11) is 1.77. The Morgan fingerprint density at radius 1 is 1.25 bits per heavy atom. The van der Waals surface area contributed by atoms with Gasteiger partial charge in [0, 0.05) is 12.4 Å². The minimum Gasteiger partial charge on any atom is -0.287 e. The molecule has 0 amide bonds. The first kappa shape index (κ1) is 7.10. The quantitative estimate of drug-likeness (QED) is 0.622. The van der Waals surface area contributed by atoms with Crippen LogP contribution in [0.4, 0.5) is 5.69 Å². The van der Waals surface area contributed by atoms with Gasteiger partial charge in [-0.25, -0.2) is 0 Å². The molecule has 0 atom stereocenters. The Bertz CT molecular complexity index is 396. The highest BCUT2D eigenvalue weighted by atomic mass is 14.8. The first-order valence-corrected chi connectivity index (χ1v) is 3.85. The average molecular weight is 157 g/mol. The van der Waals surface area contributed by atoms with Gasteiger partial charge in [-0.05, 0) is 12.1 Å². The second-order valence-corrected chi connectivity index (χ2v) is 2.61. The smallest absolute Gasteiger partial charge is 0.0760 e. The first-order chi connectivity index (χ1) is 5.90. The zero-order chi connectivity index (χ0) is 8.39. The van der Waals surface area contributed by atoms with Gasteiger partial charge in [-0.3, -0.25) is 10.3 Å². The van der Waals surface area contributed by atoms with Crippen molar-refractivity contribution in [2.75, 3.05) is 7.05 Å². The molecule has 0 saturated carbocycles. The van der Waals surface area contributed by atoms with Crippen molar-refractivity contribution in [3.63, 3.8) is 0 Å². The van der Waals surface area contributed by atoms with E-state index in [-0.39, 0.29) is 0 Å². The van der Waals surface area contributed by atoms with Crippen molar-refractivity contribution < 1.29 is 0 Å². The van der Waals surface area contributed by atoms with Crippen LogP contribution in [0.25, 0.3) is 10.9 Å². The lowest BCUT2D eigenvalue weighted by molar-refractivity contribution is 1.08.